The summed E-state index contributed by atoms with van der Waals surface area (Å²) in [7, 11) is 0. The van der Waals surface area contributed by atoms with Gasteiger partial charge in [-0.1, -0.05) is 55.1 Å². The average Bonchev–Trinajstić information content (AvgIpc) is 3.60. The smallest absolute Gasteiger partial charge is 0.321 e. The van der Waals surface area contributed by atoms with Crippen LogP contribution in [0, 0.1) is 17.2 Å². The molecule has 3 fully saturated rings. The van der Waals surface area contributed by atoms with Crippen molar-refractivity contribution in [3.8, 4) is 0 Å². The topological polar surface area (TPSA) is 95.4 Å². The van der Waals surface area contributed by atoms with Gasteiger partial charge in [-0.25, -0.2) is 14.2 Å². The number of carbonyl (C=O) groups is 2. The van der Waals surface area contributed by atoms with E-state index in [0.29, 0.717) is 43.3 Å². The van der Waals surface area contributed by atoms with Crippen molar-refractivity contribution in [3.63, 3.8) is 0 Å². The van der Waals surface area contributed by atoms with Gasteiger partial charge in [0.05, 0.1) is 11.7 Å². The number of carbonyl (C=O) groups excluding carboxylic acids is 2. The first-order valence-corrected chi connectivity index (χ1v) is 17.2. The summed E-state index contributed by atoms with van der Waals surface area (Å²) in [6.45, 7) is 3.37. The van der Waals surface area contributed by atoms with E-state index in [9.17, 15) is 14.0 Å². The van der Waals surface area contributed by atoms with Crippen LogP contribution in [0.2, 0.25) is 5.02 Å². The van der Waals surface area contributed by atoms with Gasteiger partial charge in [-0.3, -0.25) is 9.48 Å². The van der Waals surface area contributed by atoms with Crippen LogP contribution >= 0.6 is 11.6 Å². The van der Waals surface area contributed by atoms with Crippen LogP contribution in [0.15, 0.2) is 61.2 Å². The fourth-order valence-corrected chi connectivity index (χ4v) is 7.93. The SMILES string of the molecule is O=C(Nc1ccccc1F)N1CCC(N[C@H](Cc2ccc(Cl)cc2)C(=O)N2CCC(Cn3cncn3)(C3CCCCC3)CC2)CC1. The molecule has 0 unspecified atom stereocenters. The molecular weight excluding hydrogens is 605 g/mol. The molecule has 3 amide bonds. The standard InChI is InChI=1S/C35H45ClFN7O2/c36-28-12-10-26(11-13-28)22-32(40-29-14-18-43(19-15-29)34(46)41-31-9-5-4-8-30(31)37)33(45)42-20-16-35(17-21-42,23-44-25-38-24-39-44)27-6-2-1-3-7-27/h4-5,8-13,24-25,27,29,32,40H,1-3,6-7,14-23H2,(H,41,46)/t32-/m1/s1. The fourth-order valence-electron chi connectivity index (χ4n) is 7.80. The van der Waals surface area contributed by atoms with Gasteiger partial charge in [0.2, 0.25) is 5.91 Å². The number of hydrogen-bond donors (Lipinski definition) is 2. The maximum atomic E-state index is 14.3. The van der Waals surface area contributed by atoms with Crippen molar-refractivity contribution < 1.29 is 14.0 Å². The molecule has 2 N–H and O–H groups in total. The molecule has 9 nitrogen and oxygen atoms in total. The molecule has 46 heavy (non-hydrogen) atoms. The Kier molecular flexibility index (Phi) is 10.5. The molecule has 6 rings (SSSR count). The van der Waals surface area contributed by atoms with Gasteiger partial charge in [0.25, 0.3) is 0 Å². The number of aromatic nitrogens is 3. The fraction of sp³-hybridized carbons (Fsp3) is 0.543. The van der Waals surface area contributed by atoms with E-state index < -0.39 is 5.82 Å². The Morgan fingerprint density at radius 1 is 0.935 bits per heavy atom. The second-order valence-electron chi connectivity index (χ2n) is 13.3. The summed E-state index contributed by atoms with van der Waals surface area (Å²) in [5.74, 6) is 0.321. The maximum absolute atomic E-state index is 14.3. The largest absolute Gasteiger partial charge is 0.341 e. The van der Waals surface area contributed by atoms with Gasteiger partial charge in [0.15, 0.2) is 0 Å². The van der Waals surface area contributed by atoms with Crippen LogP contribution in [-0.4, -0.2) is 74.8 Å². The van der Waals surface area contributed by atoms with Crippen LogP contribution in [0.25, 0.3) is 0 Å². The molecule has 246 valence electrons. The number of halogens is 2. The zero-order valence-corrected chi connectivity index (χ0v) is 27.2. The number of likely N-dealkylation sites (tertiary alicyclic amines) is 2. The minimum atomic E-state index is -0.456. The molecule has 0 bridgehead atoms. The van der Waals surface area contributed by atoms with E-state index in [1.165, 1.54) is 38.2 Å². The summed E-state index contributed by atoms with van der Waals surface area (Å²) in [6, 6.07) is 13.3. The van der Waals surface area contributed by atoms with Crippen LogP contribution < -0.4 is 10.6 Å². The van der Waals surface area contributed by atoms with Crippen molar-refractivity contribution in [1.29, 1.82) is 0 Å². The zero-order chi connectivity index (χ0) is 31.9. The van der Waals surface area contributed by atoms with Crippen LogP contribution in [0.5, 0.6) is 0 Å². The molecule has 3 aromatic rings. The molecule has 2 aliphatic heterocycles. The van der Waals surface area contributed by atoms with Crippen LogP contribution in [0.4, 0.5) is 14.9 Å². The number of nitrogens with zero attached hydrogens (tertiary/aromatic N) is 5. The number of para-hydroxylation sites is 1. The molecule has 2 aromatic carbocycles. The summed E-state index contributed by atoms with van der Waals surface area (Å²) in [5, 5.41) is 11.5. The molecule has 1 aromatic heterocycles. The molecule has 3 heterocycles. The highest BCUT2D eigenvalue weighted by Gasteiger charge is 2.44. The summed E-state index contributed by atoms with van der Waals surface area (Å²) in [6.07, 6.45) is 13.7. The van der Waals surface area contributed by atoms with Crippen molar-refractivity contribution in [2.24, 2.45) is 11.3 Å². The third-order valence-corrected chi connectivity index (χ3v) is 10.7. The van der Waals surface area contributed by atoms with Crippen molar-refractivity contribution in [1.82, 2.24) is 29.9 Å². The molecule has 3 aliphatic rings. The first kappa shape index (κ1) is 32.4. The molecule has 11 heteroatoms. The van der Waals surface area contributed by atoms with E-state index >= 15 is 0 Å². The van der Waals surface area contributed by atoms with Crippen LogP contribution in [-0.2, 0) is 17.8 Å². The Morgan fingerprint density at radius 2 is 1.65 bits per heavy atom. The van der Waals surface area contributed by atoms with E-state index in [-0.39, 0.29) is 35.1 Å². The lowest BCUT2D eigenvalue weighted by atomic mass is 9.63. The highest BCUT2D eigenvalue weighted by molar-refractivity contribution is 6.30. The van der Waals surface area contributed by atoms with E-state index in [1.807, 2.05) is 35.3 Å². The average molecular weight is 650 g/mol. The van der Waals surface area contributed by atoms with Gasteiger partial charge < -0.3 is 20.4 Å². The molecular formula is C35H45ClFN7O2. The number of anilines is 1. The quantitative estimate of drug-likeness (QED) is 0.290. The summed E-state index contributed by atoms with van der Waals surface area (Å²) in [4.78, 5) is 35.1. The van der Waals surface area contributed by atoms with Crippen LogP contribution in [0.3, 0.4) is 0 Å². The predicted molar refractivity (Wildman–Crippen MR) is 177 cm³/mol. The summed E-state index contributed by atoms with van der Waals surface area (Å²) in [5.41, 5.74) is 1.36. The minimum Gasteiger partial charge on any atom is -0.341 e. The number of amides is 3. The molecule has 1 atom stereocenters. The zero-order valence-electron chi connectivity index (χ0n) is 26.4. The van der Waals surface area contributed by atoms with Gasteiger partial charge in [-0.15, -0.1) is 0 Å². The second-order valence-corrected chi connectivity index (χ2v) is 13.8. The Labute approximate surface area is 275 Å². The van der Waals surface area contributed by atoms with E-state index in [2.05, 4.69) is 25.6 Å². The second kappa shape index (κ2) is 14.9. The summed E-state index contributed by atoms with van der Waals surface area (Å²) < 4.78 is 16.1. The van der Waals surface area contributed by atoms with Crippen molar-refractivity contribution in [2.75, 3.05) is 31.5 Å². The number of hydrogen-bond acceptors (Lipinski definition) is 5. The molecule has 0 radical (unpaired) electrons. The first-order valence-electron chi connectivity index (χ1n) is 16.8. The molecule has 1 aliphatic carbocycles. The Balaban J connectivity index is 1.10. The Morgan fingerprint density at radius 3 is 2.33 bits per heavy atom. The van der Waals surface area contributed by atoms with Crippen molar-refractivity contribution >= 4 is 29.2 Å². The lowest BCUT2D eigenvalue weighted by molar-refractivity contribution is -0.137. The predicted octanol–water partition coefficient (Wildman–Crippen LogP) is 6.16. The molecule has 0 spiro atoms. The van der Waals surface area contributed by atoms with Gasteiger partial charge in [-0.05, 0) is 86.1 Å². The highest BCUT2D eigenvalue weighted by Crippen LogP contribution is 2.47. The third-order valence-electron chi connectivity index (χ3n) is 10.5. The highest BCUT2D eigenvalue weighted by atomic mass is 35.5. The summed E-state index contributed by atoms with van der Waals surface area (Å²) >= 11 is 6.17. The Bertz CT molecular complexity index is 1430. The number of piperidine rings is 2. The lowest BCUT2D eigenvalue weighted by Crippen LogP contribution is -2.56. The normalized spacial score (nSPS) is 20.0. The monoisotopic (exact) mass is 649 g/mol. The van der Waals surface area contributed by atoms with Gasteiger partial charge in [0.1, 0.15) is 18.5 Å². The molecule has 2 saturated heterocycles. The van der Waals surface area contributed by atoms with E-state index in [1.54, 1.807) is 29.4 Å². The number of rotatable bonds is 9. The van der Waals surface area contributed by atoms with Crippen LogP contribution in [0.1, 0.15) is 63.4 Å². The Hall–Kier alpha value is -3.50. The van der Waals surface area contributed by atoms with Gasteiger partial charge >= 0.3 is 6.03 Å². The number of benzene rings is 2. The van der Waals surface area contributed by atoms with Gasteiger partial charge in [0, 0.05) is 43.8 Å². The van der Waals surface area contributed by atoms with Gasteiger partial charge in [-0.2, -0.15) is 5.10 Å². The number of urea groups is 1. The van der Waals surface area contributed by atoms with Crippen molar-refractivity contribution in [2.45, 2.75) is 82.8 Å². The lowest BCUT2D eigenvalue weighted by Gasteiger charge is -2.48. The minimum absolute atomic E-state index is 0.0807. The first-order chi connectivity index (χ1) is 22.4. The van der Waals surface area contributed by atoms with E-state index in [4.69, 9.17) is 11.6 Å². The number of nitrogens with one attached hydrogen (secondary N) is 2. The molecule has 1 saturated carbocycles. The van der Waals surface area contributed by atoms with E-state index in [0.717, 1.165) is 38.0 Å². The third kappa shape index (κ3) is 7.89. The maximum Gasteiger partial charge on any atom is 0.321 e. The van der Waals surface area contributed by atoms with Crippen molar-refractivity contribution in [3.05, 3.63) is 77.6 Å².